The van der Waals surface area contributed by atoms with Crippen molar-refractivity contribution < 1.29 is 18.3 Å². The van der Waals surface area contributed by atoms with Gasteiger partial charge < -0.3 is 10.4 Å². The van der Waals surface area contributed by atoms with E-state index in [1.807, 2.05) is 30.3 Å². The average molecular weight is 362 g/mol. The first kappa shape index (κ1) is 19.1. The van der Waals surface area contributed by atoms with Crippen molar-refractivity contribution >= 4 is 15.9 Å². The first-order chi connectivity index (χ1) is 12.0. The first-order valence-electron chi connectivity index (χ1n) is 8.01. The predicted molar refractivity (Wildman–Crippen MR) is 95.3 cm³/mol. The van der Waals surface area contributed by atoms with Gasteiger partial charge in [-0.1, -0.05) is 42.5 Å². The molecule has 25 heavy (non-hydrogen) atoms. The molecule has 0 atom stereocenters. The minimum Gasteiger partial charge on any atom is -0.395 e. The number of sulfonamides is 1. The molecule has 6 nitrogen and oxygen atoms in total. The monoisotopic (exact) mass is 362 g/mol. The molecule has 0 aliphatic heterocycles. The molecule has 0 spiro atoms. The number of nitrogens with one attached hydrogen (secondary N) is 2. The first-order valence-corrected chi connectivity index (χ1v) is 9.49. The number of aryl methyl sites for hydroxylation is 1. The molecular weight excluding hydrogens is 340 g/mol. The lowest BCUT2D eigenvalue weighted by Gasteiger charge is -2.08. The molecule has 2 rings (SSSR count). The van der Waals surface area contributed by atoms with Crippen LogP contribution in [0.3, 0.4) is 0 Å². The summed E-state index contributed by atoms with van der Waals surface area (Å²) in [5, 5.41) is 11.2. The van der Waals surface area contributed by atoms with Gasteiger partial charge in [0, 0.05) is 19.5 Å². The van der Waals surface area contributed by atoms with Crippen LogP contribution in [0.1, 0.15) is 17.5 Å². The van der Waals surface area contributed by atoms with E-state index in [-0.39, 0.29) is 30.5 Å². The molecular formula is C18H22N2O4S. The second-order valence-corrected chi connectivity index (χ2v) is 7.29. The minimum absolute atomic E-state index is 0.0890. The van der Waals surface area contributed by atoms with Crippen LogP contribution in [0.25, 0.3) is 0 Å². The van der Waals surface area contributed by atoms with Crippen molar-refractivity contribution in [2.24, 2.45) is 0 Å². The van der Waals surface area contributed by atoms with Crippen molar-refractivity contribution in [3.63, 3.8) is 0 Å². The Kier molecular flexibility index (Phi) is 7.12. The van der Waals surface area contributed by atoms with Crippen molar-refractivity contribution in [2.45, 2.75) is 24.3 Å². The Balaban J connectivity index is 1.90. The SMILES string of the molecule is O=C(CCc1ccc(S(=O)(=O)NCc2ccccc2)cc1)NCCO. The Morgan fingerprint density at radius 2 is 1.64 bits per heavy atom. The fraction of sp³-hybridized carbons (Fsp3) is 0.278. The third-order valence-electron chi connectivity index (χ3n) is 3.62. The van der Waals surface area contributed by atoms with E-state index in [0.717, 1.165) is 11.1 Å². The van der Waals surface area contributed by atoms with E-state index in [1.165, 1.54) is 12.1 Å². The lowest BCUT2D eigenvalue weighted by molar-refractivity contribution is -0.121. The number of aliphatic hydroxyl groups excluding tert-OH is 1. The molecule has 0 aliphatic carbocycles. The molecule has 0 aromatic heterocycles. The second kappa shape index (κ2) is 9.31. The van der Waals surface area contributed by atoms with E-state index in [2.05, 4.69) is 10.0 Å². The quantitative estimate of drug-likeness (QED) is 0.625. The van der Waals surface area contributed by atoms with Crippen LogP contribution >= 0.6 is 0 Å². The molecule has 0 fully saturated rings. The van der Waals surface area contributed by atoms with Crippen molar-refractivity contribution in [1.29, 1.82) is 0 Å². The van der Waals surface area contributed by atoms with Gasteiger partial charge in [0.05, 0.1) is 11.5 Å². The maximum absolute atomic E-state index is 12.3. The fourth-order valence-corrected chi connectivity index (χ4v) is 3.25. The van der Waals surface area contributed by atoms with Gasteiger partial charge in [-0.05, 0) is 29.7 Å². The Labute approximate surface area is 147 Å². The Bertz CT molecular complexity index is 774. The maximum atomic E-state index is 12.3. The highest BCUT2D eigenvalue weighted by Gasteiger charge is 2.13. The molecule has 0 bridgehead atoms. The van der Waals surface area contributed by atoms with Crippen LogP contribution in [0, 0.1) is 0 Å². The summed E-state index contributed by atoms with van der Waals surface area (Å²) in [4.78, 5) is 11.7. The highest BCUT2D eigenvalue weighted by molar-refractivity contribution is 7.89. The molecule has 2 aromatic rings. The molecule has 7 heteroatoms. The Hall–Kier alpha value is -2.22. The van der Waals surface area contributed by atoms with Gasteiger partial charge in [-0.3, -0.25) is 4.79 Å². The fourth-order valence-electron chi connectivity index (χ4n) is 2.23. The molecule has 3 N–H and O–H groups in total. The molecule has 0 saturated carbocycles. The summed E-state index contributed by atoms with van der Waals surface area (Å²) in [6.45, 7) is 0.382. The zero-order chi connectivity index (χ0) is 18.1. The second-order valence-electron chi connectivity index (χ2n) is 5.53. The van der Waals surface area contributed by atoms with Crippen LogP contribution < -0.4 is 10.0 Å². The third kappa shape index (κ3) is 6.30. The van der Waals surface area contributed by atoms with Crippen LogP contribution in [-0.4, -0.2) is 32.6 Å². The van der Waals surface area contributed by atoms with Crippen molar-refractivity contribution in [3.8, 4) is 0 Å². The number of benzene rings is 2. The predicted octanol–water partition coefficient (Wildman–Crippen LogP) is 1.21. The molecule has 0 aliphatic rings. The number of carbonyl (C=O) groups excluding carboxylic acids is 1. The molecule has 0 heterocycles. The number of rotatable bonds is 9. The van der Waals surface area contributed by atoms with Crippen LogP contribution in [0.5, 0.6) is 0 Å². The molecule has 0 unspecified atom stereocenters. The van der Waals surface area contributed by atoms with Crippen molar-refractivity contribution in [2.75, 3.05) is 13.2 Å². The highest BCUT2D eigenvalue weighted by atomic mass is 32.2. The van der Waals surface area contributed by atoms with Gasteiger partial charge in [0.1, 0.15) is 0 Å². The molecule has 0 radical (unpaired) electrons. The lowest BCUT2D eigenvalue weighted by atomic mass is 10.1. The number of carbonyl (C=O) groups is 1. The lowest BCUT2D eigenvalue weighted by Crippen LogP contribution is -2.26. The van der Waals surface area contributed by atoms with Gasteiger partial charge in [0.2, 0.25) is 15.9 Å². The number of hydrogen-bond acceptors (Lipinski definition) is 4. The highest BCUT2D eigenvalue weighted by Crippen LogP contribution is 2.12. The standard InChI is InChI=1S/C18H22N2O4S/c21-13-12-19-18(22)11-8-15-6-9-17(10-7-15)25(23,24)20-14-16-4-2-1-3-5-16/h1-7,9-10,20-21H,8,11-14H2,(H,19,22). The third-order valence-corrected chi connectivity index (χ3v) is 5.03. The van der Waals surface area contributed by atoms with Gasteiger partial charge in [0.15, 0.2) is 0 Å². The average Bonchev–Trinajstić information content (AvgIpc) is 2.64. The molecule has 134 valence electrons. The topological polar surface area (TPSA) is 95.5 Å². The van der Waals surface area contributed by atoms with Gasteiger partial charge in [0.25, 0.3) is 0 Å². The van der Waals surface area contributed by atoms with Crippen LogP contribution in [0.4, 0.5) is 0 Å². The van der Waals surface area contributed by atoms with Gasteiger partial charge >= 0.3 is 0 Å². The summed E-state index contributed by atoms with van der Waals surface area (Å²) < 4.78 is 27.2. The summed E-state index contributed by atoms with van der Waals surface area (Å²) in [6.07, 6.45) is 0.799. The van der Waals surface area contributed by atoms with Crippen molar-refractivity contribution in [1.82, 2.24) is 10.0 Å². The summed E-state index contributed by atoms with van der Waals surface area (Å²) in [5.41, 5.74) is 1.76. The molecule has 2 aromatic carbocycles. The number of aliphatic hydroxyl groups is 1. The van der Waals surface area contributed by atoms with Crippen molar-refractivity contribution in [3.05, 3.63) is 65.7 Å². The zero-order valence-corrected chi connectivity index (χ0v) is 14.6. The maximum Gasteiger partial charge on any atom is 0.240 e. The summed E-state index contributed by atoms with van der Waals surface area (Å²) in [5.74, 6) is -0.143. The van der Waals surface area contributed by atoms with E-state index in [0.29, 0.717) is 12.8 Å². The minimum atomic E-state index is -3.58. The normalized spacial score (nSPS) is 11.2. The van der Waals surface area contributed by atoms with Crippen LogP contribution in [0.2, 0.25) is 0 Å². The Morgan fingerprint density at radius 1 is 0.960 bits per heavy atom. The largest absolute Gasteiger partial charge is 0.395 e. The summed E-state index contributed by atoms with van der Waals surface area (Å²) in [7, 11) is -3.58. The van der Waals surface area contributed by atoms with Crippen LogP contribution in [0.15, 0.2) is 59.5 Å². The Morgan fingerprint density at radius 3 is 2.28 bits per heavy atom. The summed E-state index contributed by atoms with van der Waals surface area (Å²) in [6, 6.07) is 15.8. The number of amides is 1. The van der Waals surface area contributed by atoms with E-state index >= 15 is 0 Å². The van der Waals surface area contributed by atoms with Gasteiger partial charge in [-0.15, -0.1) is 0 Å². The van der Waals surface area contributed by atoms with Gasteiger partial charge in [-0.25, -0.2) is 13.1 Å². The zero-order valence-electron chi connectivity index (χ0n) is 13.8. The smallest absolute Gasteiger partial charge is 0.240 e. The van der Waals surface area contributed by atoms with E-state index in [4.69, 9.17) is 5.11 Å². The van der Waals surface area contributed by atoms with E-state index in [1.54, 1.807) is 12.1 Å². The number of hydrogen-bond donors (Lipinski definition) is 3. The van der Waals surface area contributed by atoms with E-state index in [9.17, 15) is 13.2 Å². The van der Waals surface area contributed by atoms with E-state index < -0.39 is 10.0 Å². The van der Waals surface area contributed by atoms with Gasteiger partial charge in [-0.2, -0.15) is 0 Å². The molecule has 1 amide bonds. The van der Waals surface area contributed by atoms with Crippen LogP contribution in [-0.2, 0) is 27.8 Å². The summed E-state index contributed by atoms with van der Waals surface area (Å²) >= 11 is 0. The molecule has 0 saturated heterocycles.